The van der Waals surface area contributed by atoms with Gasteiger partial charge in [0.2, 0.25) is 11.2 Å². The van der Waals surface area contributed by atoms with E-state index in [1.807, 2.05) is 6.92 Å². The van der Waals surface area contributed by atoms with Crippen LogP contribution in [0.2, 0.25) is 5.28 Å². The summed E-state index contributed by atoms with van der Waals surface area (Å²) in [6.07, 6.45) is 5.65. The first-order valence-electron chi connectivity index (χ1n) is 7.29. The number of ether oxygens (including phenoxy) is 1. The van der Waals surface area contributed by atoms with Crippen molar-refractivity contribution in [3.8, 4) is 6.01 Å². The zero-order chi connectivity index (χ0) is 14.6. The van der Waals surface area contributed by atoms with Gasteiger partial charge in [-0.1, -0.05) is 27.2 Å². The minimum absolute atomic E-state index is 0.170. The van der Waals surface area contributed by atoms with Gasteiger partial charge in [-0.05, 0) is 42.7 Å². The second kappa shape index (κ2) is 6.57. The second-order valence-corrected chi connectivity index (χ2v) is 6.50. The molecule has 6 heteroatoms. The highest BCUT2D eigenvalue weighted by atomic mass is 35.5. The van der Waals surface area contributed by atoms with Gasteiger partial charge in [0.15, 0.2) is 0 Å². The standard InChI is InChI=1S/C14H23ClN4O/c1-4-8-20-13-18-11(15)17-12(19-13)16-10-6-5-7-14(2,3)9-10/h10H,4-9H2,1-3H3,(H,16,17,18,19). The average Bonchev–Trinajstić information content (AvgIpc) is 2.34. The molecule has 1 aliphatic carbocycles. The number of hydrogen-bond acceptors (Lipinski definition) is 5. The Balaban J connectivity index is 2.03. The van der Waals surface area contributed by atoms with Crippen LogP contribution in [-0.2, 0) is 0 Å². The zero-order valence-electron chi connectivity index (χ0n) is 12.4. The molecule has 0 aliphatic heterocycles. The van der Waals surface area contributed by atoms with Gasteiger partial charge in [-0.2, -0.15) is 15.0 Å². The first-order chi connectivity index (χ1) is 9.48. The van der Waals surface area contributed by atoms with E-state index in [0.717, 1.165) is 19.3 Å². The SMILES string of the molecule is CCCOc1nc(Cl)nc(NC2CCCC(C)(C)C2)n1. The van der Waals surface area contributed by atoms with E-state index in [0.29, 0.717) is 30.0 Å². The summed E-state index contributed by atoms with van der Waals surface area (Å²) in [5, 5.41) is 3.54. The van der Waals surface area contributed by atoms with Crippen LogP contribution in [0, 0.1) is 5.41 Å². The van der Waals surface area contributed by atoms with Crippen molar-refractivity contribution in [1.82, 2.24) is 15.0 Å². The van der Waals surface area contributed by atoms with E-state index in [2.05, 4.69) is 34.1 Å². The fourth-order valence-electron chi connectivity index (χ4n) is 2.66. The summed E-state index contributed by atoms with van der Waals surface area (Å²) < 4.78 is 5.42. The summed E-state index contributed by atoms with van der Waals surface area (Å²) in [5.41, 5.74) is 0.369. The number of anilines is 1. The third-order valence-electron chi connectivity index (χ3n) is 3.56. The van der Waals surface area contributed by atoms with Crippen LogP contribution in [0.4, 0.5) is 5.95 Å². The smallest absolute Gasteiger partial charge is 0.322 e. The Kier molecular flexibility index (Phi) is 5.02. The second-order valence-electron chi connectivity index (χ2n) is 6.16. The molecule has 1 saturated carbocycles. The minimum atomic E-state index is 0.170. The van der Waals surface area contributed by atoms with E-state index >= 15 is 0 Å². The summed E-state index contributed by atoms with van der Waals surface area (Å²) in [6.45, 7) is 7.22. The molecule has 5 nitrogen and oxygen atoms in total. The molecule has 1 heterocycles. The number of nitrogens with one attached hydrogen (secondary N) is 1. The van der Waals surface area contributed by atoms with Crippen LogP contribution < -0.4 is 10.1 Å². The number of nitrogens with zero attached hydrogens (tertiary/aromatic N) is 3. The minimum Gasteiger partial charge on any atom is -0.463 e. The third kappa shape index (κ3) is 4.47. The Morgan fingerprint density at radius 2 is 2.15 bits per heavy atom. The monoisotopic (exact) mass is 298 g/mol. The van der Waals surface area contributed by atoms with Crippen molar-refractivity contribution in [2.75, 3.05) is 11.9 Å². The Bertz CT molecular complexity index is 453. The highest BCUT2D eigenvalue weighted by molar-refractivity contribution is 6.28. The van der Waals surface area contributed by atoms with Crippen LogP contribution in [0.3, 0.4) is 0 Å². The Hall–Kier alpha value is -1.10. The molecular formula is C14H23ClN4O. The lowest BCUT2D eigenvalue weighted by molar-refractivity contribution is 0.229. The largest absolute Gasteiger partial charge is 0.463 e. The first-order valence-corrected chi connectivity index (χ1v) is 7.67. The molecule has 0 radical (unpaired) electrons. The van der Waals surface area contributed by atoms with Crippen molar-refractivity contribution in [1.29, 1.82) is 0 Å². The van der Waals surface area contributed by atoms with Crippen LogP contribution in [0.5, 0.6) is 6.01 Å². The van der Waals surface area contributed by atoms with E-state index in [-0.39, 0.29) is 5.28 Å². The molecule has 2 rings (SSSR count). The Labute approximate surface area is 125 Å². The molecule has 0 amide bonds. The molecule has 0 saturated heterocycles. The van der Waals surface area contributed by atoms with Crippen molar-refractivity contribution < 1.29 is 4.74 Å². The van der Waals surface area contributed by atoms with Crippen LogP contribution >= 0.6 is 11.6 Å². The van der Waals surface area contributed by atoms with Gasteiger partial charge < -0.3 is 10.1 Å². The van der Waals surface area contributed by atoms with Crippen molar-refractivity contribution in [2.45, 2.75) is 58.9 Å². The van der Waals surface area contributed by atoms with Gasteiger partial charge in [0.25, 0.3) is 0 Å². The molecule has 1 aromatic heterocycles. The molecule has 1 aliphatic rings. The lowest BCUT2D eigenvalue weighted by atomic mass is 9.75. The molecule has 0 bridgehead atoms. The fourth-order valence-corrected chi connectivity index (χ4v) is 2.81. The quantitative estimate of drug-likeness (QED) is 0.898. The predicted octanol–water partition coefficient (Wildman–Crippen LogP) is 3.69. The average molecular weight is 299 g/mol. The van der Waals surface area contributed by atoms with Gasteiger partial charge in [-0.15, -0.1) is 0 Å². The Morgan fingerprint density at radius 3 is 2.85 bits per heavy atom. The molecule has 1 fully saturated rings. The summed E-state index contributed by atoms with van der Waals surface area (Å²) in [7, 11) is 0. The van der Waals surface area contributed by atoms with E-state index in [9.17, 15) is 0 Å². The number of rotatable bonds is 5. The normalized spacial score (nSPS) is 21.5. The molecule has 1 atom stereocenters. The predicted molar refractivity (Wildman–Crippen MR) is 80.3 cm³/mol. The third-order valence-corrected chi connectivity index (χ3v) is 3.73. The molecule has 0 spiro atoms. The topological polar surface area (TPSA) is 59.9 Å². The lowest BCUT2D eigenvalue weighted by Gasteiger charge is -2.35. The maximum Gasteiger partial charge on any atom is 0.322 e. The highest BCUT2D eigenvalue weighted by Crippen LogP contribution is 2.36. The zero-order valence-corrected chi connectivity index (χ0v) is 13.2. The van der Waals surface area contributed by atoms with Crippen LogP contribution in [0.15, 0.2) is 0 Å². The van der Waals surface area contributed by atoms with Crippen LogP contribution in [0.25, 0.3) is 0 Å². The Morgan fingerprint density at radius 1 is 1.35 bits per heavy atom. The van der Waals surface area contributed by atoms with E-state index in [4.69, 9.17) is 16.3 Å². The van der Waals surface area contributed by atoms with Crippen molar-refractivity contribution in [3.63, 3.8) is 0 Å². The fraction of sp³-hybridized carbons (Fsp3) is 0.786. The molecule has 112 valence electrons. The number of halogens is 1. The highest BCUT2D eigenvalue weighted by Gasteiger charge is 2.28. The summed E-state index contributed by atoms with van der Waals surface area (Å²) in [4.78, 5) is 12.4. The van der Waals surface area contributed by atoms with Gasteiger partial charge in [0.05, 0.1) is 6.61 Å². The molecule has 20 heavy (non-hydrogen) atoms. The molecule has 1 aromatic rings. The van der Waals surface area contributed by atoms with Gasteiger partial charge >= 0.3 is 6.01 Å². The molecule has 1 unspecified atom stereocenters. The van der Waals surface area contributed by atoms with E-state index < -0.39 is 0 Å². The van der Waals surface area contributed by atoms with E-state index in [1.165, 1.54) is 12.8 Å². The summed E-state index contributed by atoms with van der Waals surface area (Å²) >= 11 is 5.92. The summed E-state index contributed by atoms with van der Waals surface area (Å²) in [5.74, 6) is 0.513. The van der Waals surface area contributed by atoms with Crippen molar-refractivity contribution >= 4 is 17.5 Å². The molecule has 0 aromatic carbocycles. The van der Waals surface area contributed by atoms with Crippen molar-refractivity contribution in [3.05, 3.63) is 5.28 Å². The van der Waals surface area contributed by atoms with Crippen LogP contribution in [0.1, 0.15) is 52.9 Å². The first kappa shape index (κ1) is 15.3. The maximum atomic E-state index is 5.92. The van der Waals surface area contributed by atoms with Gasteiger partial charge in [0.1, 0.15) is 0 Å². The number of hydrogen-bond donors (Lipinski definition) is 1. The van der Waals surface area contributed by atoms with Gasteiger partial charge in [-0.25, -0.2) is 0 Å². The van der Waals surface area contributed by atoms with Crippen LogP contribution in [-0.4, -0.2) is 27.6 Å². The van der Waals surface area contributed by atoms with Gasteiger partial charge in [0, 0.05) is 6.04 Å². The van der Waals surface area contributed by atoms with Gasteiger partial charge in [-0.3, -0.25) is 0 Å². The molecule has 1 N–H and O–H groups in total. The number of aromatic nitrogens is 3. The summed E-state index contributed by atoms with van der Waals surface area (Å²) in [6, 6.07) is 0.681. The molecular weight excluding hydrogens is 276 g/mol. The van der Waals surface area contributed by atoms with Crippen molar-refractivity contribution in [2.24, 2.45) is 5.41 Å². The maximum absolute atomic E-state index is 5.92. The lowest BCUT2D eigenvalue weighted by Crippen LogP contribution is -2.32. The van der Waals surface area contributed by atoms with E-state index in [1.54, 1.807) is 0 Å².